The van der Waals surface area contributed by atoms with Gasteiger partial charge in [-0.05, 0) is 50.2 Å². The molecule has 0 spiro atoms. The fourth-order valence-corrected chi connectivity index (χ4v) is 4.25. The molecule has 3 atom stereocenters. The van der Waals surface area contributed by atoms with E-state index in [1.54, 1.807) is 0 Å². The lowest BCUT2D eigenvalue weighted by Crippen LogP contribution is -2.24. The maximum atomic E-state index is 6.40. The predicted molar refractivity (Wildman–Crippen MR) is 90.2 cm³/mol. The Labute approximate surface area is 136 Å². The smallest absolute Gasteiger partial charge is 0.128 e. The van der Waals surface area contributed by atoms with Gasteiger partial charge in [-0.15, -0.1) is 11.6 Å². The van der Waals surface area contributed by atoms with Crippen molar-refractivity contribution in [2.75, 3.05) is 0 Å². The van der Waals surface area contributed by atoms with Crippen molar-refractivity contribution < 1.29 is 0 Å². The van der Waals surface area contributed by atoms with Crippen molar-refractivity contribution in [2.45, 2.75) is 51.5 Å². The molecule has 3 rings (SSSR count). The van der Waals surface area contributed by atoms with Crippen LogP contribution in [-0.4, -0.2) is 9.55 Å². The minimum Gasteiger partial charge on any atom is -0.324 e. The van der Waals surface area contributed by atoms with E-state index in [1.807, 2.05) is 19.1 Å². The van der Waals surface area contributed by atoms with Crippen molar-refractivity contribution in [1.29, 1.82) is 0 Å². The summed E-state index contributed by atoms with van der Waals surface area (Å²) < 4.78 is 2.35. The summed E-state index contributed by atoms with van der Waals surface area (Å²) in [5, 5.41) is 0.600. The van der Waals surface area contributed by atoms with Gasteiger partial charge in [0.2, 0.25) is 0 Å². The second kappa shape index (κ2) is 5.81. The van der Waals surface area contributed by atoms with Crippen LogP contribution in [0.2, 0.25) is 5.02 Å². The van der Waals surface area contributed by atoms with E-state index in [0.717, 1.165) is 28.7 Å². The first kappa shape index (κ1) is 15.2. The first-order valence-corrected chi connectivity index (χ1v) is 8.59. The minimum absolute atomic E-state index is 0.110. The van der Waals surface area contributed by atoms with Gasteiger partial charge in [0.15, 0.2) is 0 Å². The van der Waals surface area contributed by atoms with Crippen molar-refractivity contribution in [1.82, 2.24) is 9.55 Å². The van der Waals surface area contributed by atoms with Crippen LogP contribution in [0.15, 0.2) is 18.2 Å². The number of alkyl halides is 1. The lowest BCUT2D eigenvalue weighted by molar-refractivity contribution is 0.221. The molecule has 2 aromatic rings. The van der Waals surface area contributed by atoms with E-state index in [0.29, 0.717) is 11.1 Å². The molecule has 0 radical (unpaired) electrons. The fourth-order valence-electron chi connectivity index (χ4n) is 3.88. The van der Waals surface area contributed by atoms with Crippen molar-refractivity contribution >= 4 is 34.2 Å². The Kier molecular flexibility index (Phi) is 4.20. The van der Waals surface area contributed by atoms with Crippen LogP contribution in [0, 0.1) is 11.8 Å². The normalized spacial score (nSPS) is 28.0. The quantitative estimate of drug-likeness (QED) is 0.620. The van der Waals surface area contributed by atoms with E-state index in [9.17, 15) is 0 Å². The molecule has 1 aliphatic rings. The molecule has 3 unspecified atom stereocenters. The summed E-state index contributed by atoms with van der Waals surface area (Å²) in [5.41, 5.74) is 2.00. The molecule has 1 aromatic heterocycles. The highest BCUT2D eigenvalue weighted by Crippen LogP contribution is 2.40. The zero-order valence-electron chi connectivity index (χ0n) is 12.8. The maximum Gasteiger partial charge on any atom is 0.128 e. The number of fused-ring (bicyclic) bond motifs is 1. The second-order valence-corrected chi connectivity index (χ2v) is 7.70. The summed E-state index contributed by atoms with van der Waals surface area (Å²) >= 11 is 12.7. The average Bonchev–Trinajstić information content (AvgIpc) is 2.78. The fraction of sp³-hybridized carbons (Fsp3) is 0.588. The van der Waals surface area contributed by atoms with Gasteiger partial charge in [-0.25, -0.2) is 4.98 Å². The first-order valence-electron chi connectivity index (χ1n) is 7.77. The molecule has 1 fully saturated rings. The second-order valence-electron chi connectivity index (χ2n) is 6.63. The lowest BCUT2D eigenvalue weighted by Gasteiger charge is -2.33. The molecule has 0 amide bonds. The molecule has 0 saturated heterocycles. The summed E-state index contributed by atoms with van der Waals surface area (Å²) in [6.07, 6.45) is 3.70. The molecule has 0 bridgehead atoms. The van der Waals surface area contributed by atoms with Crippen LogP contribution in [0.3, 0.4) is 0 Å². The predicted octanol–water partition coefficient (Wildman–Crippen LogP) is 5.99. The first-order chi connectivity index (χ1) is 9.97. The van der Waals surface area contributed by atoms with Gasteiger partial charge < -0.3 is 4.57 Å². The molecular weight excluding hydrogens is 303 g/mol. The van der Waals surface area contributed by atoms with Crippen LogP contribution in [0.4, 0.5) is 0 Å². The van der Waals surface area contributed by atoms with Gasteiger partial charge >= 0.3 is 0 Å². The van der Waals surface area contributed by atoms with Crippen LogP contribution < -0.4 is 0 Å². The minimum atomic E-state index is -0.110. The van der Waals surface area contributed by atoms with Crippen molar-refractivity contribution in [3.63, 3.8) is 0 Å². The van der Waals surface area contributed by atoms with Crippen molar-refractivity contribution in [3.05, 3.63) is 29.0 Å². The van der Waals surface area contributed by atoms with Crippen molar-refractivity contribution in [3.8, 4) is 0 Å². The summed E-state index contributed by atoms with van der Waals surface area (Å²) in [4.78, 5) is 4.74. The van der Waals surface area contributed by atoms with Gasteiger partial charge in [-0.3, -0.25) is 0 Å². The number of hydrogen-bond acceptors (Lipinski definition) is 1. The van der Waals surface area contributed by atoms with Gasteiger partial charge in [0.1, 0.15) is 11.3 Å². The molecule has 1 aliphatic carbocycles. The highest BCUT2D eigenvalue weighted by molar-refractivity contribution is 6.35. The summed E-state index contributed by atoms with van der Waals surface area (Å²) in [6.45, 7) is 6.68. The standard InChI is InChI=1S/C17H22Cl2N2/c1-10-7-11(2)9-13(8-10)21-15-6-4-5-14(19)16(15)20-17(21)12(3)18/h4-6,10-13H,7-9H2,1-3H3. The SMILES string of the molecule is CC1CC(C)CC(n2c(C(C)Cl)nc3c(Cl)cccc32)C1. The number of nitrogens with zero attached hydrogens (tertiary/aromatic N) is 2. The Balaban J connectivity index is 2.15. The Morgan fingerprint density at radius 3 is 2.48 bits per heavy atom. The Morgan fingerprint density at radius 2 is 1.86 bits per heavy atom. The van der Waals surface area contributed by atoms with Gasteiger partial charge in [0, 0.05) is 6.04 Å². The molecule has 0 N–H and O–H groups in total. The van der Waals surface area contributed by atoms with Crippen LogP contribution in [0.1, 0.15) is 57.3 Å². The van der Waals surface area contributed by atoms with E-state index in [-0.39, 0.29) is 5.38 Å². The molecule has 0 aliphatic heterocycles. The monoisotopic (exact) mass is 324 g/mol. The van der Waals surface area contributed by atoms with Gasteiger partial charge in [-0.2, -0.15) is 0 Å². The molecule has 1 saturated carbocycles. The Hall–Kier alpha value is -0.730. The third-order valence-corrected chi connectivity index (χ3v) is 5.07. The van der Waals surface area contributed by atoms with Gasteiger partial charge in [0.05, 0.1) is 15.9 Å². The van der Waals surface area contributed by atoms with E-state index >= 15 is 0 Å². The highest BCUT2D eigenvalue weighted by atomic mass is 35.5. The largest absolute Gasteiger partial charge is 0.324 e. The molecule has 2 nitrogen and oxygen atoms in total. The zero-order chi connectivity index (χ0) is 15.1. The maximum absolute atomic E-state index is 6.40. The van der Waals surface area contributed by atoms with Crippen LogP contribution >= 0.6 is 23.2 Å². The molecule has 21 heavy (non-hydrogen) atoms. The summed E-state index contributed by atoms with van der Waals surface area (Å²) in [7, 11) is 0. The Morgan fingerprint density at radius 1 is 1.19 bits per heavy atom. The molecule has 4 heteroatoms. The molecule has 1 aromatic carbocycles. The third kappa shape index (κ3) is 2.80. The zero-order valence-corrected chi connectivity index (χ0v) is 14.3. The van der Waals surface area contributed by atoms with Crippen LogP contribution in [0.25, 0.3) is 11.0 Å². The van der Waals surface area contributed by atoms with Gasteiger partial charge in [-0.1, -0.05) is 31.5 Å². The molecular formula is C17H22Cl2N2. The number of para-hydroxylation sites is 1. The number of aromatic nitrogens is 2. The topological polar surface area (TPSA) is 17.8 Å². The molecule has 114 valence electrons. The number of benzene rings is 1. The Bertz CT molecular complexity index is 638. The lowest BCUT2D eigenvalue weighted by atomic mass is 9.80. The van der Waals surface area contributed by atoms with E-state index < -0.39 is 0 Å². The summed E-state index contributed by atoms with van der Waals surface area (Å²) in [5.74, 6) is 2.44. The number of imidazole rings is 1. The summed E-state index contributed by atoms with van der Waals surface area (Å²) in [6, 6.07) is 6.49. The number of rotatable bonds is 2. The van der Waals surface area contributed by atoms with E-state index in [2.05, 4.69) is 24.5 Å². The van der Waals surface area contributed by atoms with Crippen LogP contribution in [0.5, 0.6) is 0 Å². The number of hydrogen-bond donors (Lipinski definition) is 0. The van der Waals surface area contributed by atoms with Crippen LogP contribution in [-0.2, 0) is 0 Å². The molecule has 1 heterocycles. The average molecular weight is 325 g/mol. The highest BCUT2D eigenvalue weighted by Gasteiger charge is 2.29. The number of halogens is 2. The van der Waals surface area contributed by atoms with Gasteiger partial charge in [0.25, 0.3) is 0 Å². The van der Waals surface area contributed by atoms with E-state index in [1.165, 1.54) is 19.3 Å². The third-order valence-electron chi connectivity index (χ3n) is 4.57. The van der Waals surface area contributed by atoms with E-state index in [4.69, 9.17) is 28.2 Å². The van der Waals surface area contributed by atoms with Crippen molar-refractivity contribution in [2.24, 2.45) is 11.8 Å².